The number of carbonyl (C=O) groups is 2. The van der Waals surface area contributed by atoms with E-state index in [1.165, 1.54) is 0 Å². The topological polar surface area (TPSA) is 177 Å². The molecule has 10 heteroatoms. The molecule has 7 rings (SSSR count). The molecule has 7 N–H and O–H groups in total. The highest BCUT2D eigenvalue weighted by Crippen LogP contribution is 2.75. The average molecular weight is 766 g/mol. The first-order valence-corrected chi connectivity index (χ1v) is 21.4. The smallest absolute Gasteiger partial charge is 0.331 e. The van der Waals surface area contributed by atoms with Crippen molar-refractivity contribution in [3.8, 4) is 0 Å². The van der Waals surface area contributed by atoms with E-state index in [0.717, 1.165) is 42.2 Å². The van der Waals surface area contributed by atoms with Crippen LogP contribution in [0.15, 0.2) is 35.9 Å². The molecule has 15 atom stereocenters. The highest BCUT2D eigenvalue weighted by atomic mass is 16.5. The van der Waals surface area contributed by atoms with Crippen LogP contribution < -0.4 is 5.32 Å². The Kier molecular flexibility index (Phi) is 11.1. The molecule has 1 aliphatic heterocycles. The summed E-state index contributed by atoms with van der Waals surface area (Å²) < 4.78 is 6.11. The van der Waals surface area contributed by atoms with Gasteiger partial charge in [0.2, 0.25) is 0 Å². The number of benzene rings is 1. The molecule has 1 aromatic carbocycles. The highest BCUT2D eigenvalue weighted by Gasteiger charge is 2.83. The van der Waals surface area contributed by atoms with Crippen molar-refractivity contribution in [3.05, 3.63) is 47.0 Å². The second kappa shape index (κ2) is 14.9. The van der Waals surface area contributed by atoms with E-state index in [-0.39, 0.29) is 61.5 Å². The molecule has 10 nitrogen and oxygen atoms in total. The van der Waals surface area contributed by atoms with Crippen molar-refractivity contribution in [3.63, 3.8) is 0 Å². The van der Waals surface area contributed by atoms with E-state index in [1.54, 1.807) is 6.08 Å². The molecular formula is C45H67NO9. The number of likely N-dealkylation sites (N-methyl/N-ethyl adjacent to an activating group) is 1. The summed E-state index contributed by atoms with van der Waals surface area (Å²) in [4.78, 5) is 27.2. The number of fused-ring (bicyclic) bond motifs is 9. The van der Waals surface area contributed by atoms with Gasteiger partial charge in [-0.05, 0) is 98.8 Å². The molecule has 1 aromatic rings. The van der Waals surface area contributed by atoms with Crippen LogP contribution >= 0.6 is 0 Å². The summed E-state index contributed by atoms with van der Waals surface area (Å²) in [5, 5.41) is 78.2. The van der Waals surface area contributed by atoms with Gasteiger partial charge in [-0.3, -0.25) is 0 Å². The number of unbranched alkanes of at least 4 members (excludes halogenated alkanes) is 2. The van der Waals surface area contributed by atoms with Crippen LogP contribution in [-0.2, 0) is 27.4 Å². The van der Waals surface area contributed by atoms with Crippen molar-refractivity contribution in [2.24, 2.45) is 52.3 Å². The summed E-state index contributed by atoms with van der Waals surface area (Å²) in [6.45, 7) is 8.13. The van der Waals surface area contributed by atoms with Crippen LogP contribution in [0.3, 0.4) is 0 Å². The Balaban J connectivity index is 1.31. The first-order chi connectivity index (χ1) is 26.1. The zero-order chi connectivity index (χ0) is 39.7. The van der Waals surface area contributed by atoms with E-state index in [9.17, 15) is 40.2 Å². The molecule has 0 saturated heterocycles. The summed E-state index contributed by atoms with van der Waals surface area (Å²) in [6, 6.07) is 7.63. The molecule has 5 saturated carbocycles. The van der Waals surface area contributed by atoms with Crippen LogP contribution in [0, 0.1) is 52.3 Å². The normalized spacial score (nSPS) is 45.1. The lowest BCUT2D eigenvalue weighted by molar-refractivity contribution is -0.367. The van der Waals surface area contributed by atoms with E-state index in [2.05, 4.69) is 26.1 Å². The van der Waals surface area contributed by atoms with E-state index < -0.39 is 63.8 Å². The minimum Gasteiger partial charge on any atom is -0.454 e. The summed E-state index contributed by atoms with van der Waals surface area (Å²) in [6.07, 6.45) is 6.14. The molecule has 0 unspecified atom stereocenters. The van der Waals surface area contributed by atoms with Gasteiger partial charge in [0.25, 0.3) is 0 Å². The Morgan fingerprint density at radius 3 is 2.42 bits per heavy atom. The van der Waals surface area contributed by atoms with Gasteiger partial charge in [0.15, 0.2) is 0 Å². The predicted molar refractivity (Wildman–Crippen MR) is 207 cm³/mol. The SMILES string of the molecule is CCCCC[C@@H]1C[C@]2(C=O)[C@H]3CC[C@]4(C)[C@H]5C6=CC(=O)O[C@H]6[C@@H]([C@H](Cc6ccccc6CO)NC)C[C@H]5C[C@]4(O)[C@]3(O)[C@H](O)[C@H](CCC(C)C)[C@]2(O)C[C@H]1O. The standard InChI is InChI=1S/C45H67NO9/c1-6-7-8-12-28-21-42(25-48)36-16-17-41(4)38-30(22-44(41,53)45(36,54)40(51)33(15-14-26(2)3)43(42,52)23-35(28)49)18-31(39-32(38)20-37(50)55-39)34(46-5)19-27-11-9-10-13-29(27)24-47/h9-11,13,20,25-26,28,30-31,33-36,38-40,46-47,49,51-54H,6-8,12,14-19,21-24H2,1-5H3/t28-,30+,31-,33+,34+,35-,36-,38-,39+,40-,41-,42+,43-,44-,45-/m1/s1. The summed E-state index contributed by atoms with van der Waals surface area (Å²) >= 11 is 0. The largest absolute Gasteiger partial charge is 0.454 e. The summed E-state index contributed by atoms with van der Waals surface area (Å²) in [5.74, 6) is -3.04. The summed E-state index contributed by atoms with van der Waals surface area (Å²) in [5.41, 5.74) is -5.61. The molecule has 0 spiro atoms. The van der Waals surface area contributed by atoms with Crippen LogP contribution in [0.1, 0.15) is 116 Å². The minimum atomic E-state index is -2.15. The van der Waals surface area contributed by atoms with Crippen LogP contribution in [0.5, 0.6) is 0 Å². The van der Waals surface area contributed by atoms with Gasteiger partial charge >= 0.3 is 5.97 Å². The number of aliphatic hydroxyl groups excluding tert-OH is 3. The molecule has 6 aliphatic rings. The number of rotatable bonds is 13. The second-order valence-corrected chi connectivity index (χ2v) is 19.4. The van der Waals surface area contributed by atoms with E-state index in [1.807, 2.05) is 38.2 Å². The zero-order valence-electron chi connectivity index (χ0n) is 33.6. The number of hydrogen-bond acceptors (Lipinski definition) is 10. The lowest BCUT2D eigenvalue weighted by atomic mass is 9.36. The van der Waals surface area contributed by atoms with E-state index in [0.29, 0.717) is 44.9 Å². The van der Waals surface area contributed by atoms with Crippen molar-refractivity contribution in [1.82, 2.24) is 5.32 Å². The Bertz CT molecular complexity index is 1630. The molecule has 306 valence electrons. The highest BCUT2D eigenvalue weighted by molar-refractivity contribution is 5.86. The van der Waals surface area contributed by atoms with Gasteiger partial charge in [-0.1, -0.05) is 77.6 Å². The number of aliphatic hydroxyl groups is 6. The lowest BCUT2D eigenvalue weighted by Gasteiger charge is -2.72. The number of hydrogen-bond donors (Lipinski definition) is 7. The molecule has 5 fully saturated rings. The van der Waals surface area contributed by atoms with Crippen LogP contribution in [0.2, 0.25) is 0 Å². The number of nitrogens with one attached hydrogen (secondary N) is 1. The molecule has 0 aromatic heterocycles. The lowest BCUT2D eigenvalue weighted by Crippen LogP contribution is -2.84. The number of aldehydes is 1. The number of ether oxygens (including phenoxy) is 1. The predicted octanol–water partition coefficient (Wildman–Crippen LogP) is 4.39. The number of carbonyl (C=O) groups excluding carboxylic acids is 2. The minimum absolute atomic E-state index is 0.0591. The zero-order valence-corrected chi connectivity index (χ0v) is 33.6. The molecule has 5 aliphatic carbocycles. The van der Waals surface area contributed by atoms with Gasteiger partial charge in [0, 0.05) is 41.7 Å². The molecule has 55 heavy (non-hydrogen) atoms. The van der Waals surface area contributed by atoms with E-state index in [4.69, 9.17) is 4.74 Å². The monoisotopic (exact) mass is 765 g/mol. The third-order valence-corrected chi connectivity index (χ3v) is 16.6. The van der Waals surface area contributed by atoms with Crippen LogP contribution in [0.4, 0.5) is 0 Å². The molecular weight excluding hydrogens is 698 g/mol. The maximum absolute atomic E-state index is 13.9. The second-order valence-electron chi connectivity index (χ2n) is 19.4. The quantitative estimate of drug-likeness (QED) is 0.0867. The Hall–Kier alpha value is -2.18. The molecule has 0 bridgehead atoms. The third kappa shape index (κ3) is 5.89. The van der Waals surface area contributed by atoms with Gasteiger partial charge in [-0.2, -0.15) is 0 Å². The van der Waals surface area contributed by atoms with Gasteiger partial charge in [-0.25, -0.2) is 4.79 Å². The van der Waals surface area contributed by atoms with Crippen molar-refractivity contribution in [2.75, 3.05) is 7.05 Å². The Morgan fingerprint density at radius 2 is 1.76 bits per heavy atom. The van der Waals surface area contributed by atoms with Crippen molar-refractivity contribution in [2.45, 2.75) is 159 Å². The Labute approximate surface area is 327 Å². The first kappa shape index (κ1) is 41.0. The molecule has 0 radical (unpaired) electrons. The Morgan fingerprint density at radius 1 is 1.04 bits per heavy atom. The first-order valence-electron chi connectivity index (χ1n) is 21.4. The van der Waals surface area contributed by atoms with E-state index >= 15 is 0 Å². The van der Waals surface area contributed by atoms with Gasteiger partial charge < -0.3 is 45.5 Å². The fraction of sp³-hybridized carbons (Fsp3) is 0.778. The van der Waals surface area contributed by atoms with Crippen LogP contribution in [0.25, 0.3) is 0 Å². The fourth-order valence-electron chi connectivity index (χ4n) is 13.9. The average Bonchev–Trinajstić information content (AvgIpc) is 3.65. The van der Waals surface area contributed by atoms with Crippen LogP contribution in [-0.4, -0.2) is 91.1 Å². The molecule has 0 amide bonds. The fourth-order valence-corrected chi connectivity index (χ4v) is 13.9. The van der Waals surface area contributed by atoms with Crippen molar-refractivity contribution in [1.29, 1.82) is 0 Å². The van der Waals surface area contributed by atoms with Crippen molar-refractivity contribution < 1.29 is 45.0 Å². The van der Waals surface area contributed by atoms with Gasteiger partial charge in [-0.15, -0.1) is 0 Å². The maximum Gasteiger partial charge on any atom is 0.331 e. The third-order valence-electron chi connectivity index (χ3n) is 16.6. The van der Waals surface area contributed by atoms with Gasteiger partial charge in [0.05, 0.1) is 29.8 Å². The summed E-state index contributed by atoms with van der Waals surface area (Å²) in [7, 11) is 1.89. The maximum atomic E-state index is 13.9. The molecule has 1 heterocycles. The van der Waals surface area contributed by atoms with Gasteiger partial charge in [0.1, 0.15) is 23.6 Å². The van der Waals surface area contributed by atoms with Crippen molar-refractivity contribution >= 4 is 12.3 Å². The number of esters is 1.